The second-order valence-corrected chi connectivity index (χ2v) is 4.32. The van der Waals surface area contributed by atoms with Crippen molar-refractivity contribution in [2.24, 2.45) is 0 Å². The molecule has 2 aromatic rings. The van der Waals surface area contributed by atoms with E-state index in [1.54, 1.807) is 18.2 Å². The first-order valence-corrected chi connectivity index (χ1v) is 6.32. The maximum atomic E-state index is 11.2. The largest absolute Gasteiger partial charge is 0.478 e. The number of ether oxygens (including phenoxy) is 1. The van der Waals surface area contributed by atoms with Crippen LogP contribution >= 0.6 is 0 Å². The van der Waals surface area contributed by atoms with Gasteiger partial charge in [-0.1, -0.05) is 42.5 Å². The lowest BCUT2D eigenvalue weighted by Gasteiger charge is -2.07. The summed E-state index contributed by atoms with van der Waals surface area (Å²) in [7, 11) is 0. The molecule has 0 heterocycles. The lowest BCUT2D eigenvalue weighted by atomic mass is 9.99. The van der Waals surface area contributed by atoms with Crippen LogP contribution in [-0.4, -0.2) is 29.4 Å². The topological polar surface area (TPSA) is 66.8 Å². The molecular weight excluding hydrogens is 256 g/mol. The molecule has 0 atom stereocenters. The SMILES string of the molecule is O=C(O)c1ccccc1-c1ccc(COCCO)cc1. The van der Waals surface area contributed by atoms with E-state index in [4.69, 9.17) is 9.84 Å². The summed E-state index contributed by atoms with van der Waals surface area (Å²) in [5, 5.41) is 17.8. The molecule has 0 saturated heterocycles. The van der Waals surface area contributed by atoms with E-state index in [1.165, 1.54) is 0 Å². The van der Waals surface area contributed by atoms with Crippen LogP contribution in [0.3, 0.4) is 0 Å². The van der Waals surface area contributed by atoms with Crippen LogP contribution in [0.2, 0.25) is 0 Å². The van der Waals surface area contributed by atoms with Crippen molar-refractivity contribution in [3.05, 3.63) is 59.7 Å². The Balaban J connectivity index is 2.20. The minimum absolute atomic E-state index is 0.00404. The molecule has 0 unspecified atom stereocenters. The Hall–Kier alpha value is -2.17. The molecule has 20 heavy (non-hydrogen) atoms. The van der Waals surface area contributed by atoms with Crippen LogP contribution in [0.5, 0.6) is 0 Å². The molecule has 4 heteroatoms. The molecule has 104 valence electrons. The molecule has 0 fully saturated rings. The predicted molar refractivity (Wildman–Crippen MR) is 75.6 cm³/mol. The van der Waals surface area contributed by atoms with Gasteiger partial charge >= 0.3 is 5.97 Å². The van der Waals surface area contributed by atoms with Crippen molar-refractivity contribution in [2.75, 3.05) is 13.2 Å². The Labute approximate surface area is 117 Å². The molecule has 0 aliphatic rings. The lowest BCUT2D eigenvalue weighted by Crippen LogP contribution is -2.00. The van der Waals surface area contributed by atoms with Gasteiger partial charge in [0.2, 0.25) is 0 Å². The molecule has 0 aliphatic heterocycles. The first-order chi connectivity index (χ1) is 9.72. The zero-order valence-corrected chi connectivity index (χ0v) is 11.0. The normalized spacial score (nSPS) is 10.4. The Morgan fingerprint density at radius 3 is 2.40 bits per heavy atom. The van der Waals surface area contributed by atoms with Crippen LogP contribution in [0.15, 0.2) is 48.5 Å². The monoisotopic (exact) mass is 272 g/mol. The number of carboxylic acid groups (broad SMARTS) is 1. The van der Waals surface area contributed by atoms with E-state index in [0.29, 0.717) is 18.8 Å². The maximum absolute atomic E-state index is 11.2. The van der Waals surface area contributed by atoms with Gasteiger partial charge in [0.05, 0.1) is 25.4 Å². The second-order valence-electron chi connectivity index (χ2n) is 4.32. The standard InChI is InChI=1S/C16H16O4/c17-9-10-20-11-12-5-7-13(8-6-12)14-3-1-2-4-15(14)16(18)19/h1-8,17H,9-11H2,(H,18,19). The first kappa shape index (κ1) is 14.2. The van der Waals surface area contributed by atoms with E-state index in [9.17, 15) is 9.90 Å². The fraction of sp³-hybridized carbons (Fsp3) is 0.188. The molecule has 0 bridgehead atoms. The van der Waals surface area contributed by atoms with E-state index in [1.807, 2.05) is 30.3 Å². The molecule has 2 aromatic carbocycles. The first-order valence-electron chi connectivity index (χ1n) is 6.32. The molecule has 0 aliphatic carbocycles. The fourth-order valence-electron chi connectivity index (χ4n) is 1.96. The molecule has 0 radical (unpaired) electrons. The Morgan fingerprint density at radius 1 is 1.05 bits per heavy atom. The highest BCUT2D eigenvalue weighted by molar-refractivity contribution is 5.95. The van der Waals surface area contributed by atoms with Gasteiger partial charge in [-0.3, -0.25) is 0 Å². The van der Waals surface area contributed by atoms with Gasteiger partial charge < -0.3 is 14.9 Å². The molecule has 0 spiro atoms. The van der Waals surface area contributed by atoms with E-state index in [2.05, 4.69) is 0 Å². The van der Waals surface area contributed by atoms with Crippen molar-refractivity contribution in [2.45, 2.75) is 6.61 Å². The summed E-state index contributed by atoms with van der Waals surface area (Å²) in [5.41, 5.74) is 2.82. The van der Waals surface area contributed by atoms with Crippen molar-refractivity contribution in [3.63, 3.8) is 0 Å². The Bertz CT molecular complexity index is 575. The van der Waals surface area contributed by atoms with Crippen LogP contribution in [0.1, 0.15) is 15.9 Å². The van der Waals surface area contributed by atoms with Crippen LogP contribution < -0.4 is 0 Å². The average Bonchev–Trinajstić information content (AvgIpc) is 2.48. The molecule has 0 amide bonds. The van der Waals surface area contributed by atoms with Gasteiger partial charge in [-0.15, -0.1) is 0 Å². The van der Waals surface area contributed by atoms with Crippen molar-refractivity contribution in [1.29, 1.82) is 0 Å². The maximum Gasteiger partial charge on any atom is 0.336 e. The highest BCUT2D eigenvalue weighted by Gasteiger charge is 2.10. The van der Waals surface area contributed by atoms with Gasteiger partial charge in [0, 0.05) is 0 Å². The van der Waals surface area contributed by atoms with Gasteiger partial charge in [0.15, 0.2) is 0 Å². The highest BCUT2D eigenvalue weighted by atomic mass is 16.5. The second kappa shape index (κ2) is 6.84. The van der Waals surface area contributed by atoms with E-state index in [-0.39, 0.29) is 12.2 Å². The van der Waals surface area contributed by atoms with Crippen LogP contribution in [-0.2, 0) is 11.3 Å². The zero-order chi connectivity index (χ0) is 14.4. The van der Waals surface area contributed by atoms with E-state index < -0.39 is 5.97 Å². The number of hydrogen-bond donors (Lipinski definition) is 2. The third kappa shape index (κ3) is 3.44. The third-order valence-corrected chi connectivity index (χ3v) is 2.93. The summed E-state index contributed by atoms with van der Waals surface area (Å²) in [6, 6.07) is 14.5. The van der Waals surface area contributed by atoms with Crippen molar-refractivity contribution < 1.29 is 19.7 Å². The molecule has 0 saturated carbocycles. The molecule has 2 rings (SSSR count). The van der Waals surface area contributed by atoms with E-state index >= 15 is 0 Å². The molecule has 0 aromatic heterocycles. The summed E-state index contributed by atoms with van der Waals surface area (Å²) in [4.78, 5) is 11.2. The number of aromatic carboxylic acids is 1. The van der Waals surface area contributed by atoms with E-state index in [0.717, 1.165) is 11.1 Å². The van der Waals surface area contributed by atoms with Crippen molar-refractivity contribution >= 4 is 5.97 Å². The van der Waals surface area contributed by atoms with Gasteiger partial charge in [0.1, 0.15) is 0 Å². The van der Waals surface area contributed by atoms with Crippen LogP contribution in [0.4, 0.5) is 0 Å². The number of carbonyl (C=O) groups is 1. The van der Waals surface area contributed by atoms with Crippen molar-refractivity contribution in [3.8, 4) is 11.1 Å². The van der Waals surface area contributed by atoms with Crippen LogP contribution in [0, 0.1) is 0 Å². The number of carboxylic acids is 1. The predicted octanol–water partition coefficient (Wildman–Crippen LogP) is 2.56. The molecular formula is C16H16O4. The third-order valence-electron chi connectivity index (χ3n) is 2.93. The van der Waals surface area contributed by atoms with Gasteiger partial charge in [-0.05, 0) is 22.8 Å². The quantitative estimate of drug-likeness (QED) is 0.793. The summed E-state index contributed by atoms with van der Waals surface area (Å²) >= 11 is 0. The smallest absolute Gasteiger partial charge is 0.336 e. The zero-order valence-electron chi connectivity index (χ0n) is 11.0. The van der Waals surface area contributed by atoms with Gasteiger partial charge in [-0.25, -0.2) is 4.79 Å². The minimum Gasteiger partial charge on any atom is -0.478 e. The summed E-state index contributed by atoms with van der Waals surface area (Å²) < 4.78 is 5.23. The van der Waals surface area contributed by atoms with Crippen LogP contribution in [0.25, 0.3) is 11.1 Å². The number of benzene rings is 2. The number of hydrogen-bond acceptors (Lipinski definition) is 3. The Kier molecular flexibility index (Phi) is 4.87. The average molecular weight is 272 g/mol. The molecule has 4 nitrogen and oxygen atoms in total. The summed E-state index contributed by atoms with van der Waals surface area (Å²) in [5.74, 6) is -0.934. The number of aliphatic hydroxyl groups excluding tert-OH is 1. The van der Waals surface area contributed by atoms with Crippen molar-refractivity contribution in [1.82, 2.24) is 0 Å². The molecule has 2 N–H and O–H groups in total. The Morgan fingerprint density at radius 2 is 1.75 bits per heavy atom. The summed E-state index contributed by atoms with van der Waals surface area (Å²) in [6.07, 6.45) is 0. The minimum atomic E-state index is -0.934. The van der Waals surface area contributed by atoms with Gasteiger partial charge in [0.25, 0.3) is 0 Å². The lowest BCUT2D eigenvalue weighted by molar-refractivity contribution is 0.0697. The number of rotatable bonds is 6. The highest BCUT2D eigenvalue weighted by Crippen LogP contribution is 2.24. The van der Waals surface area contributed by atoms with Gasteiger partial charge in [-0.2, -0.15) is 0 Å². The summed E-state index contributed by atoms with van der Waals surface area (Å²) in [6.45, 7) is 0.745. The fourth-order valence-corrected chi connectivity index (χ4v) is 1.96. The number of aliphatic hydroxyl groups is 1.